The molecule has 0 aliphatic rings. The molecule has 1 atom stereocenters. The Bertz CT molecular complexity index is 501. The summed E-state index contributed by atoms with van der Waals surface area (Å²) < 4.78 is 2.16. The summed E-state index contributed by atoms with van der Waals surface area (Å²) in [6.45, 7) is 1.99. The molecule has 6 heteroatoms. The number of hydrogen-bond donors (Lipinski definition) is 1. The predicted molar refractivity (Wildman–Crippen MR) is 75.2 cm³/mol. The van der Waals surface area contributed by atoms with Gasteiger partial charge in [-0.15, -0.1) is 22.7 Å². The first-order valence-corrected chi connectivity index (χ1v) is 7.56. The zero-order valence-electron chi connectivity index (χ0n) is 8.13. The smallest absolute Gasteiger partial charge is 0.116 e. The van der Waals surface area contributed by atoms with Gasteiger partial charge in [-0.3, -0.25) is 0 Å². The van der Waals surface area contributed by atoms with Crippen LogP contribution in [0.5, 0.6) is 0 Å². The maximum absolute atomic E-state index is 10.2. The second-order valence-electron chi connectivity index (χ2n) is 3.29. The third-order valence-electron chi connectivity index (χ3n) is 2.12. The molecule has 1 nitrogen and oxygen atoms in total. The van der Waals surface area contributed by atoms with Crippen LogP contribution in [0.15, 0.2) is 15.9 Å². The highest BCUT2D eigenvalue weighted by atomic mass is 79.9. The molecule has 0 aromatic carbocycles. The third-order valence-corrected chi connectivity index (χ3v) is 5.83. The Morgan fingerprint density at radius 3 is 2.44 bits per heavy atom. The third kappa shape index (κ3) is 2.47. The highest BCUT2D eigenvalue weighted by Crippen LogP contribution is 2.40. The summed E-state index contributed by atoms with van der Waals surface area (Å²) in [4.78, 5) is 0.862. The van der Waals surface area contributed by atoms with Gasteiger partial charge in [0.2, 0.25) is 0 Å². The minimum atomic E-state index is -0.703. The fourth-order valence-corrected chi connectivity index (χ4v) is 4.41. The molecular weight excluding hydrogens is 351 g/mol. The summed E-state index contributed by atoms with van der Waals surface area (Å²) in [5, 5.41) is 10.2. The lowest BCUT2D eigenvalue weighted by atomic mass is 10.1. The van der Waals surface area contributed by atoms with Crippen molar-refractivity contribution >= 4 is 61.8 Å². The molecule has 2 aromatic rings. The molecule has 2 rings (SSSR count). The summed E-state index contributed by atoms with van der Waals surface area (Å²) in [6, 6.07) is 3.66. The van der Waals surface area contributed by atoms with Gasteiger partial charge in [0.15, 0.2) is 0 Å². The molecule has 0 spiro atoms. The molecule has 0 amide bonds. The van der Waals surface area contributed by atoms with Crippen LogP contribution in [0, 0.1) is 6.92 Å². The van der Waals surface area contributed by atoms with Crippen LogP contribution in [0.2, 0.25) is 8.67 Å². The average molecular weight is 358 g/mol. The maximum Gasteiger partial charge on any atom is 0.116 e. The first kappa shape index (κ1) is 12.9. The van der Waals surface area contributed by atoms with Gasteiger partial charge in [-0.2, -0.15) is 0 Å². The molecule has 0 saturated heterocycles. The fraction of sp³-hybridized carbons (Fsp3) is 0.200. The molecule has 2 aromatic heterocycles. The molecule has 1 unspecified atom stereocenters. The molecule has 16 heavy (non-hydrogen) atoms. The lowest BCUT2D eigenvalue weighted by Gasteiger charge is -2.06. The molecule has 0 aliphatic carbocycles. The monoisotopic (exact) mass is 356 g/mol. The van der Waals surface area contributed by atoms with Gasteiger partial charge in [-0.25, -0.2) is 0 Å². The maximum atomic E-state index is 10.2. The van der Waals surface area contributed by atoms with E-state index in [4.69, 9.17) is 23.2 Å². The van der Waals surface area contributed by atoms with Crippen LogP contribution in [0.3, 0.4) is 0 Å². The molecule has 0 aliphatic heterocycles. The number of rotatable bonds is 2. The number of thiophene rings is 2. The van der Waals surface area contributed by atoms with Crippen LogP contribution in [0.1, 0.15) is 22.1 Å². The molecule has 0 radical (unpaired) electrons. The van der Waals surface area contributed by atoms with Crippen molar-refractivity contribution in [3.8, 4) is 0 Å². The Balaban J connectivity index is 2.38. The van der Waals surface area contributed by atoms with Gasteiger partial charge in [-0.1, -0.05) is 23.2 Å². The van der Waals surface area contributed by atoms with Gasteiger partial charge < -0.3 is 5.11 Å². The number of halogens is 3. The van der Waals surface area contributed by atoms with E-state index in [-0.39, 0.29) is 0 Å². The molecule has 86 valence electrons. The highest BCUT2D eigenvalue weighted by molar-refractivity contribution is 9.11. The minimum absolute atomic E-state index is 0.541. The largest absolute Gasteiger partial charge is 0.383 e. The second-order valence-corrected chi connectivity index (χ2v) is 7.97. The summed E-state index contributed by atoms with van der Waals surface area (Å²) in [6.07, 6.45) is -0.703. The Kier molecular flexibility index (Phi) is 3.99. The first-order valence-electron chi connectivity index (χ1n) is 4.37. The summed E-state index contributed by atoms with van der Waals surface area (Å²) in [5.74, 6) is 0. The average Bonchev–Trinajstić information content (AvgIpc) is 2.70. The number of aliphatic hydroxyl groups is 1. The predicted octanol–water partition coefficient (Wildman–Crippen LogP) is 5.27. The molecule has 2 heterocycles. The van der Waals surface area contributed by atoms with Crippen molar-refractivity contribution < 1.29 is 5.11 Å². The Morgan fingerprint density at radius 1 is 1.31 bits per heavy atom. The zero-order chi connectivity index (χ0) is 11.9. The topological polar surface area (TPSA) is 20.2 Å². The van der Waals surface area contributed by atoms with Crippen molar-refractivity contribution in [3.05, 3.63) is 40.6 Å². The minimum Gasteiger partial charge on any atom is -0.383 e. The van der Waals surface area contributed by atoms with Crippen molar-refractivity contribution in [2.24, 2.45) is 0 Å². The molecule has 1 N–H and O–H groups in total. The van der Waals surface area contributed by atoms with Gasteiger partial charge >= 0.3 is 0 Å². The normalized spacial score (nSPS) is 13.1. The van der Waals surface area contributed by atoms with E-state index in [1.807, 2.05) is 13.0 Å². The number of hydrogen-bond acceptors (Lipinski definition) is 3. The quantitative estimate of drug-likeness (QED) is 0.776. The van der Waals surface area contributed by atoms with Crippen LogP contribution < -0.4 is 0 Å². The van der Waals surface area contributed by atoms with Crippen molar-refractivity contribution in [2.75, 3.05) is 0 Å². The Morgan fingerprint density at radius 2 is 2.00 bits per heavy atom. The lowest BCUT2D eigenvalue weighted by molar-refractivity contribution is 0.225. The highest BCUT2D eigenvalue weighted by Gasteiger charge is 2.19. The van der Waals surface area contributed by atoms with E-state index in [1.54, 1.807) is 6.07 Å². The van der Waals surface area contributed by atoms with Gasteiger partial charge in [0.1, 0.15) is 10.4 Å². The summed E-state index contributed by atoms with van der Waals surface area (Å²) in [5.41, 5.74) is 1.78. The molecule has 0 saturated carbocycles. The van der Waals surface area contributed by atoms with Crippen LogP contribution >= 0.6 is 61.8 Å². The Hall–Kier alpha value is 0.420. The van der Waals surface area contributed by atoms with Crippen LogP contribution in [-0.2, 0) is 0 Å². The first-order chi connectivity index (χ1) is 7.49. The van der Waals surface area contributed by atoms with Crippen LogP contribution in [0.25, 0.3) is 0 Å². The van der Waals surface area contributed by atoms with Crippen molar-refractivity contribution in [3.63, 3.8) is 0 Å². The van der Waals surface area contributed by atoms with Crippen molar-refractivity contribution in [1.29, 1.82) is 0 Å². The summed E-state index contributed by atoms with van der Waals surface area (Å²) in [7, 11) is 0. The van der Waals surface area contributed by atoms with Crippen molar-refractivity contribution in [2.45, 2.75) is 13.0 Å². The van der Waals surface area contributed by atoms with E-state index in [2.05, 4.69) is 15.9 Å². The fourth-order valence-electron chi connectivity index (χ4n) is 1.31. The van der Waals surface area contributed by atoms with E-state index in [0.717, 1.165) is 14.2 Å². The van der Waals surface area contributed by atoms with E-state index < -0.39 is 6.10 Å². The molecule has 0 bridgehead atoms. The van der Waals surface area contributed by atoms with E-state index >= 15 is 0 Å². The van der Waals surface area contributed by atoms with Gasteiger partial charge in [0, 0.05) is 10.4 Å². The number of aryl methyl sites for hydroxylation is 1. The van der Waals surface area contributed by atoms with Gasteiger partial charge in [0.05, 0.1) is 8.12 Å². The Labute approximate surface area is 120 Å². The second kappa shape index (κ2) is 4.96. The van der Waals surface area contributed by atoms with Crippen LogP contribution in [0.4, 0.5) is 0 Å². The van der Waals surface area contributed by atoms with Crippen LogP contribution in [-0.4, -0.2) is 5.11 Å². The summed E-state index contributed by atoms with van der Waals surface area (Å²) >= 11 is 18.1. The SMILES string of the molecule is Cc1cc(C(O)c2cc(Cl)sc2Cl)sc1Br. The van der Waals surface area contributed by atoms with Crippen molar-refractivity contribution in [1.82, 2.24) is 0 Å². The lowest BCUT2D eigenvalue weighted by Crippen LogP contribution is -1.95. The molecule has 0 fully saturated rings. The number of aliphatic hydroxyl groups excluding tert-OH is 1. The van der Waals surface area contributed by atoms with E-state index in [9.17, 15) is 5.11 Å². The van der Waals surface area contributed by atoms with Gasteiger partial charge in [-0.05, 0) is 40.5 Å². The van der Waals surface area contributed by atoms with E-state index in [1.165, 1.54) is 22.7 Å². The standard InChI is InChI=1S/C10H7BrCl2OS2/c1-4-2-6(15-9(4)11)8(14)5-3-7(12)16-10(5)13/h2-3,8,14H,1H3. The molecular formula is C10H7BrCl2OS2. The zero-order valence-corrected chi connectivity index (χ0v) is 12.9. The van der Waals surface area contributed by atoms with E-state index in [0.29, 0.717) is 14.2 Å². The van der Waals surface area contributed by atoms with Gasteiger partial charge in [0.25, 0.3) is 0 Å².